The van der Waals surface area contributed by atoms with E-state index in [-0.39, 0.29) is 70.2 Å². The Morgan fingerprint density at radius 2 is 0.581 bits per heavy atom. The molecular formula is C119H133BN4. The molecule has 0 bridgehead atoms. The van der Waals surface area contributed by atoms with Crippen molar-refractivity contribution in [3.05, 3.63) is 305 Å². The molecule has 0 amide bonds. The van der Waals surface area contributed by atoms with Crippen molar-refractivity contribution in [2.45, 2.75) is 241 Å². The van der Waals surface area contributed by atoms with Crippen LogP contribution in [0.1, 0.15) is 256 Å². The molecule has 124 heavy (non-hydrogen) atoms. The molecule has 17 rings (SSSR count). The minimum atomic E-state index is -2.22. The lowest BCUT2D eigenvalue weighted by Crippen LogP contribution is -2.61. The number of benzene rings is 13. The normalized spacial score (nSPS) is 15.7. The second-order valence-corrected chi connectivity index (χ2v) is 45.1. The Kier molecular flexibility index (Phi) is 17.1. The Hall–Kier alpha value is -10.9. The van der Waals surface area contributed by atoms with E-state index in [1.165, 1.54) is 0 Å². The molecule has 0 spiro atoms. The van der Waals surface area contributed by atoms with Gasteiger partial charge in [-0.25, -0.2) is 0 Å². The summed E-state index contributed by atoms with van der Waals surface area (Å²) in [5, 5.41) is 2.05. The van der Waals surface area contributed by atoms with Crippen LogP contribution in [-0.4, -0.2) is 15.8 Å². The third kappa shape index (κ3) is 16.7. The van der Waals surface area contributed by atoms with Crippen molar-refractivity contribution >= 4 is 101 Å². The number of nitrogens with zero attached hydrogens (tertiary/aromatic N) is 4. The van der Waals surface area contributed by atoms with Crippen LogP contribution >= 0.6 is 0 Å². The van der Waals surface area contributed by atoms with E-state index in [0.717, 1.165) is 72.0 Å². The fraction of sp³-hybridized carbons (Fsp3) is 0.345. The van der Waals surface area contributed by atoms with Crippen LogP contribution in [0.25, 0.3) is 99.5 Å². The molecule has 2 aliphatic rings. The van der Waals surface area contributed by atoms with Crippen LogP contribution in [0, 0.1) is 27.1 Å². The first kappa shape index (κ1) is 69.4. The molecule has 0 saturated carbocycles. The zero-order valence-corrected chi connectivity index (χ0v) is 78.4. The Morgan fingerprint density at radius 1 is 0.274 bits per heavy atom. The number of aromatic nitrogens is 2. The molecule has 0 unspecified atom stereocenters. The van der Waals surface area contributed by atoms with Gasteiger partial charge in [0.15, 0.2) is 0 Å². The molecule has 2 aromatic heterocycles. The predicted molar refractivity (Wildman–Crippen MR) is 541 cm³/mol. The molecule has 0 atom stereocenters. The minimum Gasteiger partial charge on any atom is -0.310 e. The van der Waals surface area contributed by atoms with Crippen molar-refractivity contribution in [2.24, 2.45) is 27.1 Å². The van der Waals surface area contributed by atoms with E-state index < -0.39 is 63.7 Å². The lowest BCUT2D eigenvalue weighted by Gasteiger charge is -2.46. The van der Waals surface area contributed by atoms with Gasteiger partial charge >= 0.3 is 0 Å². The highest BCUT2D eigenvalue weighted by Crippen LogP contribution is 2.56. The van der Waals surface area contributed by atoms with Gasteiger partial charge in [-0.05, 0) is 266 Å². The molecule has 0 fully saturated rings. The van der Waals surface area contributed by atoms with Gasteiger partial charge in [-0.1, -0.05) is 345 Å². The maximum Gasteiger partial charge on any atom is 0.252 e. The lowest BCUT2D eigenvalue weighted by atomic mass is 9.33. The zero-order chi connectivity index (χ0) is 101. The summed E-state index contributed by atoms with van der Waals surface area (Å²) >= 11 is 0. The second-order valence-electron chi connectivity index (χ2n) is 45.1. The minimum absolute atomic E-state index is 0.160. The van der Waals surface area contributed by atoms with Gasteiger partial charge in [-0.3, -0.25) is 0 Å². The van der Waals surface area contributed by atoms with Gasteiger partial charge in [0.05, 0.1) is 44.4 Å². The monoisotopic (exact) mass is 1640 g/mol. The van der Waals surface area contributed by atoms with Crippen LogP contribution in [0.4, 0.5) is 34.1 Å². The summed E-state index contributed by atoms with van der Waals surface area (Å²) in [7, 11) is 0. The number of hydrogen-bond acceptors (Lipinski definition) is 2. The molecule has 2 aliphatic heterocycles. The van der Waals surface area contributed by atoms with Crippen molar-refractivity contribution in [2.75, 3.05) is 9.80 Å². The van der Waals surface area contributed by atoms with Gasteiger partial charge in [-0.15, -0.1) is 0 Å². The second kappa shape index (κ2) is 30.5. The fourth-order valence-corrected chi connectivity index (χ4v) is 19.0. The average Bonchev–Trinajstić information content (AvgIpc) is 0.708. The first-order valence-electron chi connectivity index (χ1n) is 51.7. The van der Waals surface area contributed by atoms with Crippen LogP contribution in [0.15, 0.2) is 255 Å². The van der Waals surface area contributed by atoms with Gasteiger partial charge in [0.1, 0.15) is 0 Å². The highest BCUT2D eigenvalue weighted by molar-refractivity contribution is 7.00. The number of anilines is 6. The van der Waals surface area contributed by atoms with Gasteiger partial charge in [0.2, 0.25) is 0 Å². The largest absolute Gasteiger partial charge is 0.310 e. The van der Waals surface area contributed by atoms with Crippen LogP contribution in [-0.2, 0) is 53.6 Å². The first-order valence-corrected chi connectivity index (χ1v) is 44.7. The van der Waals surface area contributed by atoms with Crippen LogP contribution in [0.2, 0.25) is 0 Å². The third-order valence-corrected chi connectivity index (χ3v) is 24.3. The average molecular weight is 1640 g/mol. The molecule has 0 aliphatic carbocycles. The smallest absolute Gasteiger partial charge is 0.252 e. The first-order chi connectivity index (χ1) is 63.7. The lowest BCUT2D eigenvalue weighted by molar-refractivity contribution is 0.411. The molecule has 4 heterocycles. The Bertz CT molecular complexity index is 6960. The topological polar surface area (TPSA) is 16.3 Å². The summed E-state index contributed by atoms with van der Waals surface area (Å²) in [5.41, 5.74) is 17.1. The van der Waals surface area contributed by atoms with E-state index in [0.29, 0.717) is 130 Å². The van der Waals surface area contributed by atoms with E-state index in [4.69, 9.17) is 0 Å². The summed E-state index contributed by atoms with van der Waals surface area (Å²) < 4.78 is 148. The molecule has 15 aromatic rings. The van der Waals surface area contributed by atoms with Gasteiger partial charge in [0, 0.05) is 86.1 Å². The van der Waals surface area contributed by atoms with Crippen molar-refractivity contribution in [3.63, 3.8) is 0 Å². The van der Waals surface area contributed by atoms with Crippen LogP contribution in [0.3, 0.4) is 0 Å². The Morgan fingerprint density at radius 3 is 0.879 bits per heavy atom. The summed E-state index contributed by atoms with van der Waals surface area (Å²) in [6.07, 6.45) is -4.87. The molecule has 13 aromatic carbocycles. The van der Waals surface area contributed by atoms with Gasteiger partial charge in [-0.2, -0.15) is 0 Å². The van der Waals surface area contributed by atoms with Crippen molar-refractivity contribution in [3.8, 4) is 55.9 Å². The maximum atomic E-state index is 11.3. The SMILES string of the molecule is [2H]c1c([2H])c([2H])c2c(c1[2H])c1cc(CC(C)(C)C)ccc1n2-c1ccc2c(c1)N(c1c(-c3cccc(C(C)(C)C)c3)cc(C([2H])([2H])C(C)(C)C)cc1-c1cccc(C(C)(C)C)c1)c1cc(C([2H])([2H])C(C)(C)C)cc3c1B2c1ccc(-n2c4ccc(CC(C)(C)C)cc4c4c([2H])c([2H])c([2H])c([2H])c42)cc1N3c1c(-c2cccc(C(C)(C)C)c2)cc(C([2H])([2H])C(C)(C)C)cc1-c1cccc(C(C)(C)C)c1. The molecule has 5 heteroatoms. The van der Waals surface area contributed by atoms with Gasteiger partial charge in [0.25, 0.3) is 6.71 Å². The van der Waals surface area contributed by atoms with Gasteiger partial charge < -0.3 is 18.9 Å². The van der Waals surface area contributed by atoms with Crippen molar-refractivity contribution < 1.29 is 19.2 Å². The highest BCUT2D eigenvalue weighted by atomic mass is 15.2. The molecule has 0 N–H and O–H groups in total. The van der Waals surface area contributed by atoms with E-state index in [1.807, 2.05) is 83.6 Å². The molecule has 0 radical (unpaired) electrons. The number of fused-ring (bicyclic) bond motifs is 10. The zero-order valence-electron chi connectivity index (χ0n) is 92.4. The molecule has 0 saturated heterocycles. The standard InChI is InChI=1S/C119H133BN4/c1-111(2,3)70-75-48-54-102-96(56-75)90-44-28-30-46-100(90)121(102)88-50-52-98-104(68-88)123(109-92(80-36-32-40-84(64-80)116(16,17)18)58-77(72-113(7,8)9)59-93(109)81-37-33-41-85(65-81)117(19,20)21)106-62-79(74-115(13,14)15)63-107-108(106)120(98)99-53-51-89(122-101-47-31-29-45-91(101)97-57-76(49-55-103(97)122)71-112(4,5)6)69-105(99)124(107)110-94(82-38-34-42-86(66-82)118(22,23)24)60-78(73-114(10,11)12)61-95(110)83-39-35-43-87(67-83)119(25,26)27/h28-69H,70-74H2,1-27H3/i28D,29D,30D,31D,44D,45D,46D,47D,72D2,73D2,74D2. The van der Waals surface area contributed by atoms with Crippen LogP contribution < -0.4 is 26.2 Å². The predicted octanol–water partition coefficient (Wildman–Crippen LogP) is 31.8. The molecular weight excluding hydrogens is 1500 g/mol. The summed E-state index contributed by atoms with van der Waals surface area (Å²) in [4.78, 5) is 4.66. The van der Waals surface area contributed by atoms with E-state index in [9.17, 15) is 19.2 Å². The Labute approximate surface area is 763 Å². The summed E-state index contributed by atoms with van der Waals surface area (Å²) in [5.74, 6) is 0. The maximum absolute atomic E-state index is 11.3. The van der Waals surface area contributed by atoms with E-state index in [2.05, 4.69) is 329 Å². The number of rotatable bonds is 13. The van der Waals surface area contributed by atoms with E-state index in [1.54, 1.807) is 0 Å². The number of para-hydroxylation sites is 2. The quantitative estimate of drug-likeness (QED) is 0.107. The summed E-state index contributed by atoms with van der Waals surface area (Å²) in [6, 6.07) is 69.7. The molecule has 4 nitrogen and oxygen atoms in total. The van der Waals surface area contributed by atoms with E-state index >= 15 is 0 Å². The fourth-order valence-electron chi connectivity index (χ4n) is 19.0. The highest BCUT2D eigenvalue weighted by Gasteiger charge is 2.47. The van der Waals surface area contributed by atoms with Crippen molar-refractivity contribution in [1.29, 1.82) is 0 Å². The number of hydrogen-bond donors (Lipinski definition) is 0. The third-order valence-electron chi connectivity index (χ3n) is 24.3. The van der Waals surface area contributed by atoms with Crippen LogP contribution in [0.5, 0.6) is 0 Å². The molecule has 632 valence electrons. The summed E-state index contributed by atoms with van der Waals surface area (Å²) in [6.45, 7) is 56.1. The Balaban J connectivity index is 1.16. The van der Waals surface area contributed by atoms with Crippen molar-refractivity contribution in [1.82, 2.24) is 9.13 Å².